The normalized spacial score (nSPS) is 15.9. The van der Waals surface area contributed by atoms with Crippen LogP contribution in [-0.4, -0.2) is 11.7 Å². The number of hydrogen-bond acceptors (Lipinski definition) is 1. The van der Waals surface area contributed by atoms with Gasteiger partial charge in [-0.1, -0.05) is 0 Å². The minimum absolute atomic E-state index is 0.668. The molecule has 0 saturated heterocycles. The van der Waals surface area contributed by atoms with Gasteiger partial charge < -0.3 is 0 Å². The van der Waals surface area contributed by atoms with Gasteiger partial charge in [-0.05, 0) is 0 Å². The summed E-state index contributed by atoms with van der Waals surface area (Å²) in [5.74, 6) is 6.01. The van der Waals surface area contributed by atoms with E-state index in [9.17, 15) is 0 Å². The van der Waals surface area contributed by atoms with E-state index >= 15 is 0 Å². The minimum atomic E-state index is 0.668. The Morgan fingerprint density at radius 2 is 2.42 bits per heavy atom. The van der Waals surface area contributed by atoms with Crippen molar-refractivity contribution in [3.63, 3.8) is 0 Å². The molecule has 0 spiro atoms. The SMILES string of the molecule is CO[C](=[Cr])C#CC1=CCCCC1. The number of methoxy groups -OCH3 is 1. The van der Waals surface area contributed by atoms with Crippen molar-refractivity contribution in [2.75, 3.05) is 7.11 Å². The third-order valence-electron chi connectivity index (χ3n) is 1.80. The molecule has 0 aromatic rings. The molecule has 0 radical (unpaired) electrons. The molecule has 0 atom stereocenters. The average Bonchev–Trinajstić information content (AvgIpc) is 2.16. The summed E-state index contributed by atoms with van der Waals surface area (Å²) in [6.07, 6.45) is 7.11. The van der Waals surface area contributed by atoms with Gasteiger partial charge in [0.2, 0.25) is 0 Å². The Balaban J connectivity index is 2.52. The van der Waals surface area contributed by atoms with Crippen LogP contribution in [0.1, 0.15) is 25.7 Å². The van der Waals surface area contributed by atoms with E-state index in [1.165, 1.54) is 24.8 Å². The monoisotopic (exact) mass is 200 g/mol. The second kappa shape index (κ2) is 5.33. The van der Waals surface area contributed by atoms with Gasteiger partial charge in [0.25, 0.3) is 0 Å². The van der Waals surface area contributed by atoms with E-state index in [-0.39, 0.29) is 0 Å². The number of hydrogen-bond donors (Lipinski definition) is 0. The van der Waals surface area contributed by atoms with Crippen molar-refractivity contribution in [2.24, 2.45) is 0 Å². The van der Waals surface area contributed by atoms with Gasteiger partial charge in [0, 0.05) is 0 Å². The van der Waals surface area contributed by atoms with Gasteiger partial charge in [-0.25, -0.2) is 0 Å². The molecule has 0 unspecified atom stereocenters. The predicted molar refractivity (Wildman–Crippen MR) is 46.3 cm³/mol. The molecule has 1 aliphatic carbocycles. The standard InChI is InChI=1S/C10H12O.Cr/c1-11-9-5-8-10-6-3-2-4-7-10;/h6H,2-4,7H2,1H3;. The van der Waals surface area contributed by atoms with Crippen LogP contribution in [0, 0.1) is 11.8 Å². The quantitative estimate of drug-likeness (QED) is 0.586. The molecule has 0 aromatic heterocycles. The second-order valence-corrected chi connectivity index (χ2v) is 3.30. The van der Waals surface area contributed by atoms with Crippen molar-refractivity contribution in [1.29, 1.82) is 0 Å². The summed E-state index contributed by atoms with van der Waals surface area (Å²) in [6.45, 7) is 0. The number of ether oxygens (including phenoxy) is 1. The van der Waals surface area contributed by atoms with Gasteiger partial charge in [-0.2, -0.15) is 0 Å². The van der Waals surface area contributed by atoms with E-state index in [0.29, 0.717) is 4.57 Å². The molecular weight excluding hydrogens is 188 g/mol. The Kier molecular flexibility index (Phi) is 4.33. The van der Waals surface area contributed by atoms with Gasteiger partial charge in [0.05, 0.1) is 0 Å². The Morgan fingerprint density at radius 1 is 1.58 bits per heavy atom. The molecular formula is C10H12CrO. The molecule has 0 fully saturated rings. The van der Waals surface area contributed by atoms with Crippen molar-refractivity contribution in [2.45, 2.75) is 25.7 Å². The van der Waals surface area contributed by atoms with Crippen LogP contribution in [0.4, 0.5) is 0 Å². The molecule has 64 valence electrons. The van der Waals surface area contributed by atoms with Gasteiger partial charge in [0.1, 0.15) is 0 Å². The van der Waals surface area contributed by atoms with Gasteiger partial charge >= 0.3 is 81.4 Å². The van der Waals surface area contributed by atoms with Crippen molar-refractivity contribution in [1.82, 2.24) is 0 Å². The van der Waals surface area contributed by atoms with Crippen molar-refractivity contribution < 1.29 is 20.6 Å². The zero-order valence-corrected chi connectivity index (χ0v) is 8.50. The summed E-state index contributed by atoms with van der Waals surface area (Å²) in [7, 11) is 1.62. The van der Waals surface area contributed by atoms with Crippen LogP contribution in [0.15, 0.2) is 11.6 Å². The van der Waals surface area contributed by atoms with Gasteiger partial charge in [-0.3, -0.25) is 0 Å². The van der Waals surface area contributed by atoms with Crippen molar-refractivity contribution >= 4 is 4.57 Å². The van der Waals surface area contributed by atoms with Crippen LogP contribution in [0.5, 0.6) is 0 Å². The summed E-state index contributed by atoms with van der Waals surface area (Å²) >= 11 is 2.76. The van der Waals surface area contributed by atoms with Crippen LogP contribution >= 0.6 is 0 Å². The summed E-state index contributed by atoms with van der Waals surface area (Å²) in [5, 5.41) is 0. The van der Waals surface area contributed by atoms with E-state index in [1.807, 2.05) is 0 Å². The molecule has 0 N–H and O–H groups in total. The maximum atomic E-state index is 4.90. The summed E-state index contributed by atoms with van der Waals surface area (Å²) in [5.41, 5.74) is 1.26. The molecule has 0 aromatic carbocycles. The molecule has 2 heteroatoms. The van der Waals surface area contributed by atoms with Crippen LogP contribution in [0.3, 0.4) is 0 Å². The average molecular weight is 200 g/mol. The summed E-state index contributed by atoms with van der Waals surface area (Å²) < 4.78 is 5.57. The molecule has 12 heavy (non-hydrogen) atoms. The Labute approximate surface area is 81.8 Å². The van der Waals surface area contributed by atoms with Crippen LogP contribution < -0.4 is 0 Å². The van der Waals surface area contributed by atoms with E-state index in [2.05, 4.69) is 33.8 Å². The van der Waals surface area contributed by atoms with E-state index in [0.717, 1.165) is 6.42 Å². The van der Waals surface area contributed by atoms with Gasteiger partial charge in [-0.15, -0.1) is 0 Å². The first-order valence-electron chi connectivity index (χ1n) is 4.12. The molecule has 1 aliphatic rings. The Bertz CT molecular complexity index is 255. The van der Waals surface area contributed by atoms with Crippen LogP contribution in [-0.2, 0) is 20.6 Å². The third-order valence-corrected chi connectivity index (χ3v) is 2.22. The molecule has 0 aliphatic heterocycles. The summed E-state index contributed by atoms with van der Waals surface area (Å²) in [4.78, 5) is 0. The summed E-state index contributed by atoms with van der Waals surface area (Å²) in [6, 6.07) is 0. The van der Waals surface area contributed by atoms with E-state index in [1.54, 1.807) is 7.11 Å². The first kappa shape index (κ1) is 9.75. The van der Waals surface area contributed by atoms with Crippen LogP contribution in [0.25, 0.3) is 0 Å². The topological polar surface area (TPSA) is 9.23 Å². The predicted octanol–water partition coefficient (Wildman–Crippen LogP) is 1.81. The molecule has 0 heterocycles. The Morgan fingerprint density at radius 3 is 3.00 bits per heavy atom. The Hall–Kier alpha value is -0.338. The van der Waals surface area contributed by atoms with Gasteiger partial charge in [0.15, 0.2) is 0 Å². The number of allylic oxidation sites excluding steroid dienone is 2. The first-order chi connectivity index (χ1) is 5.83. The molecule has 0 bridgehead atoms. The third kappa shape index (κ3) is 3.37. The zero-order valence-electron chi connectivity index (χ0n) is 7.22. The molecule has 0 saturated carbocycles. The fourth-order valence-electron chi connectivity index (χ4n) is 1.13. The number of rotatable bonds is 1. The second-order valence-electron chi connectivity index (χ2n) is 2.72. The fourth-order valence-corrected chi connectivity index (χ4v) is 1.21. The van der Waals surface area contributed by atoms with E-state index < -0.39 is 0 Å². The zero-order chi connectivity index (χ0) is 8.81. The fraction of sp³-hybridized carbons (Fsp3) is 0.500. The molecule has 0 amide bonds. The van der Waals surface area contributed by atoms with Crippen molar-refractivity contribution in [3.8, 4) is 11.8 Å². The molecule has 1 rings (SSSR count). The van der Waals surface area contributed by atoms with E-state index in [4.69, 9.17) is 4.74 Å². The van der Waals surface area contributed by atoms with Crippen molar-refractivity contribution in [3.05, 3.63) is 11.6 Å². The molecule has 1 nitrogen and oxygen atoms in total. The maximum absolute atomic E-state index is 4.90. The first-order valence-corrected chi connectivity index (χ1v) is 4.75. The van der Waals surface area contributed by atoms with Crippen LogP contribution in [0.2, 0.25) is 0 Å².